The van der Waals surface area contributed by atoms with E-state index in [-0.39, 0.29) is 5.56 Å². The third kappa shape index (κ3) is 2.16. The highest BCUT2D eigenvalue weighted by Crippen LogP contribution is 2.87. The number of anilines is 2. The Balaban J connectivity index is 1.34. The quantitative estimate of drug-likeness (QED) is 0.894. The lowest BCUT2D eigenvalue weighted by Crippen LogP contribution is -2.39. The topological polar surface area (TPSA) is 61.5 Å². The van der Waals surface area contributed by atoms with Gasteiger partial charge < -0.3 is 14.5 Å². The second kappa shape index (κ2) is 5.35. The van der Waals surface area contributed by atoms with Crippen molar-refractivity contribution in [1.82, 2.24) is 9.97 Å². The monoisotopic (exact) mass is 364 g/mol. The highest BCUT2D eigenvalue weighted by atomic mass is 16.5. The SMILES string of the molecule is C[C@@]12C3[C@@H]1[C@@H]2[C@H](Cc1ccccc1)N3c1nc(N2CCOCC2)cc(=O)[nH]1. The summed E-state index contributed by atoms with van der Waals surface area (Å²) in [5.41, 5.74) is 1.73. The summed E-state index contributed by atoms with van der Waals surface area (Å²) in [7, 11) is 0. The lowest BCUT2D eigenvalue weighted by Gasteiger charge is -2.30. The summed E-state index contributed by atoms with van der Waals surface area (Å²) < 4.78 is 5.44. The van der Waals surface area contributed by atoms with E-state index in [0.717, 1.165) is 43.1 Å². The number of morpholine rings is 1. The second-order valence-corrected chi connectivity index (χ2v) is 8.55. The number of aromatic amines is 1. The highest BCUT2D eigenvalue weighted by Gasteiger charge is 2.92. The van der Waals surface area contributed by atoms with Gasteiger partial charge in [0.25, 0.3) is 5.56 Å². The van der Waals surface area contributed by atoms with Gasteiger partial charge in [0, 0.05) is 31.2 Å². The van der Waals surface area contributed by atoms with E-state index in [1.54, 1.807) is 6.07 Å². The van der Waals surface area contributed by atoms with Gasteiger partial charge in [-0.2, -0.15) is 4.98 Å². The number of piperidine rings is 1. The maximum absolute atomic E-state index is 12.4. The van der Waals surface area contributed by atoms with Crippen LogP contribution in [0.25, 0.3) is 0 Å². The Bertz CT molecular complexity index is 939. The molecule has 4 heterocycles. The summed E-state index contributed by atoms with van der Waals surface area (Å²) in [6, 6.07) is 13.3. The van der Waals surface area contributed by atoms with E-state index in [1.165, 1.54) is 5.56 Å². The van der Waals surface area contributed by atoms with Gasteiger partial charge in [0.15, 0.2) is 0 Å². The van der Waals surface area contributed by atoms with E-state index in [0.29, 0.717) is 30.7 Å². The van der Waals surface area contributed by atoms with Gasteiger partial charge >= 0.3 is 0 Å². The Morgan fingerprint density at radius 3 is 2.70 bits per heavy atom. The number of nitrogens with zero attached hydrogens (tertiary/aromatic N) is 3. The van der Waals surface area contributed by atoms with Crippen molar-refractivity contribution in [3.05, 3.63) is 52.3 Å². The van der Waals surface area contributed by atoms with Crippen molar-refractivity contribution >= 4 is 11.8 Å². The van der Waals surface area contributed by atoms with Crippen molar-refractivity contribution in [2.24, 2.45) is 17.3 Å². The van der Waals surface area contributed by atoms with Gasteiger partial charge in [-0.25, -0.2) is 0 Å². The first kappa shape index (κ1) is 15.7. The molecule has 2 aliphatic carbocycles. The third-order valence-corrected chi connectivity index (χ3v) is 7.24. The minimum atomic E-state index is -0.0655. The lowest BCUT2D eigenvalue weighted by molar-refractivity contribution is 0.122. The zero-order valence-electron chi connectivity index (χ0n) is 15.5. The van der Waals surface area contributed by atoms with Gasteiger partial charge in [-0.3, -0.25) is 9.78 Å². The number of H-pyrrole nitrogens is 1. The number of hydrogen-bond donors (Lipinski definition) is 1. The number of hydrogen-bond acceptors (Lipinski definition) is 5. The number of rotatable bonds is 4. The predicted octanol–water partition coefficient (Wildman–Crippen LogP) is 1.67. The van der Waals surface area contributed by atoms with Crippen LogP contribution < -0.4 is 15.4 Å². The Morgan fingerprint density at radius 1 is 1.22 bits per heavy atom. The van der Waals surface area contributed by atoms with Crippen molar-refractivity contribution in [3.63, 3.8) is 0 Å². The Labute approximate surface area is 158 Å². The van der Waals surface area contributed by atoms with Crippen LogP contribution in [-0.4, -0.2) is 48.4 Å². The van der Waals surface area contributed by atoms with E-state index >= 15 is 0 Å². The van der Waals surface area contributed by atoms with Crippen LogP contribution in [0, 0.1) is 17.3 Å². The van der Waals surface area contributed by atoms with Crippen molar-refractivity contribution in [1.29, 1.82) is 0 Å². The Hall–Kier alpha value is -2.34. The summed E-state index contributed by atoms with van der Waals surface area (Å²) in [5.74, 6) is 3.05. The van der Waals surface area contributed by atoms with Gasteiger partial charge in [-0.15, -0.1) is 0 Å². The smallest absolute Gasteiger partial charge is 0.254 e. The van der Waals surface area contributed by atoms with Crippen molar-refractivity contribution < 1.29 is 4.74 Å². The zero-order chi connectivity index (χ0) is 18.2. The maximum atomic E-state index is 12.4. The van der Waals surface area contributed by atoms with Crippen molar-refractivity contribution in [2.45, 2.75) is 25.4 Å². The lowest BCUT2D eigenvalue weighted by atomic mass is 9.98. The fourth-order valence-electron chi connectivity index (χ4n) is 5.80. The van der Waals surface area contributed by atoms with Gasteiger partial charge in [0.05, 0.1) is 13.2 Å². The van der Waals surface area contributed by atoms with Crippen LogP contribution in [-0.2, 0) is 11.2 Å². The van der Waals surface area contributed by atoms with Crippen LogP contribution in [0.5, 0.6) is 0 Å². The molecule has 3 saturated heterocycles. The molecule has 7 rings (SSSR count). The van der Waals surface area contributed by atoms with Crippen molar-refractivity contribution in [2.75, 3.05) is 36.1 Å². The van der Waals surface area contributed by atoms with E-state index in [2.05, 4.69) is 52.0 Å². The van der Waals surface area contributed by atoms with Crippen molar-refractivity contribution in [3.8, 4) is 0 Å². The van der Waals surface area contributed by atoms with Crippen LogP contribution >= 0.6 is 0 Å². The fraction of sp³-hybridized carbons (Fsp3) is 0.524. The Morgan fingerprint density at radius 2 is 1.96 bits per heavy atom. The van der Waals surface area contributed by atoms with E-state index in [1.807, 2.05) is 0 Å². The molecule has 6 heteroatoms. The average molecular weight is 364 g/mol. The molecule has 0 spiro atoms. The first-order chi connectivity index (χ1) is 13.2. The molecule has 6 nitrogen and oxygen atoms in total. The predicted molar refractivity (Wildman–Crippen MR) is 103 cm³/mol. The second-order valence-electron chi connectivity index (χ2n) is 8.55. The molecule has 2 saturated carbocycles. The first-order valence-corrected chi connectivity index (χ1v) is 9.94. The summed E-state index contributed by atoms with van der Waals surface area (Å²) in [4.78, 5) is 24.9. The number of aromatic nitrogens is 2. The molecule has 1 aromatic carbocycles. The van der Waals surface area contributed by atoms with E-state index in [4.69, 9.17) is 9.72 Å². The van der Waals surface area contributed by atoms with E-state index < -0.39 is 0 Å². The number of fused-ring (bicyclic) bond motifs is 1. The zero-order valence-corrected chi connectivity index (χ0v) is 15.5. The molecule has 0 amide bonds. The van der Waals surface area contributed by atoms with Gasteiger partial charge in [0.1, 0.15) is 5.82 Å². The molecule has 1 unspecified atom stereocenters. The maximum Gasteiger partial charge on any atom is 0.254 e. The molecule has 27 heavy (non-hydrogen) atoms. The van der Waals surface area contributed by atoms with Crippen LogP contribution in [0.1, 0.15) is 12.5 Å². The minimum Gasteiger partial charge on any atom is -0.378 e. The molecular weight excluding hydrogens is 340 g/mol. The van der Waals surface area contributed by atoms with E-state index in [9.17, 15) is 4.79 Å². The minimum absolute atomic E-state index is 0.0655. The molecule has 1 N–H and O–H groups in total. The van der Waals surface area contributed by atoms with Gasteiger partial charge in [-0.05, 0) is 29.2 Å². The molecule has 5 aliphatic rings. The highest BCUT2D eigenvalue weighted by molar-refractivity contribution is 5.59. The number of ether oxygens (including phenoxy) is 1. The molecule has 5 atom stereocenters. The average Bonchev–Trinajstić information content (AvgIpc) is 3.38. The molecule has 1 aromatic heterocycles. The molecule has 0 radical (unpaired) electrons. The normalized spacial score (nSPS) is 35.9. The van der Waals surface area contributed by atoms with Gasteiger partial charge in [0.2, 0.25) is 5.95 Å². The molecule has 2 aromatic rings. The first-order valence-electron chi connectivity index (χ1n) is 9.94. The summed E-state index contributed by atoms with van der Waals surface area (Å²) in [5, 5.41) is 0. The van der Waals surface area contributed by atoms with Gasteiger partial charge in [-0.1, -0.05) is 37.3 Å². The summed E-state index contributed by atoms with van der Waals surface area (Å²) in [6.07, 6.45) is 1.01. The molecule has 3 aliphatic heterocycles. The molecule has 140 valence electrons. The summed E-state index contributed by atoms with van der Waals surface area (Å²) >= 11 is 0. The largest absolute Gasteiger partial charge is 0.378 e. The Kier molecular flexibility index (Phi) is 3.11. The van der Waals surface area contributed by atoms with Crippen LogP contribution in [0.4, 0.5) is 11.8 Å². The standard InChI is InChI=1S/C21H24N4O2/c1-21-17-14(11-13-5-3-2-4-6-13)25(19(21)18(17)21)20-22-15(12-16(26)23-20)24-7-9-27-10-8-24/h2-6,12,14,17-19H,7-11H2,1H3,(H,22,23,26)/t14-,17-,18-,19?,21-/m0/s1. The molecule has 5 fully saturated rings. The summed E-state index contributed by atoms with van der Waals surface area (Å²) in [6.45, 7) is 5.35. The fourth-order valence-corrected chi connectivity index (χ4v) is 5.80. The van der Waals surface area contributed by atoms with Crippen LogP contribution in [0.2, 0.25) is 0 Å². The molecule has 2 bridgehead atoms. The van der Waals surface area contributed by atoms with Crippen LogP contribution in [0.15, 0.2) is 41.2 Å². The number of nitrogens with one attached hydrogen (secondary N) is 1. The number of benzene rings is 1. The molecular formula is C21H24N4O2. The van der Waals surface area contributed by atoms with Crippen LogP contribution in [0.3, 0.4) is 0 Å². The third-order valence-electron chi connectivity index (χ3n) is 7.24.